The zero-order chi connectivity index (χ0) is 21.0. The highest BCUT2D eigenvalue weighted by Crippen LogP contribution is 2.20. The fraction of sp³-hybridized carbons (Fsp3) is 0.450. The first-order valence-electron chi connectivity index (χ1n) is 9.69. The van der Waals surface area contributed by atoms with Crippen LogP contribution < -0.4 is 14.5 Å². The Balaban J connectivity index is 1.59. The maximum Gasteiger partial charge on any atom is 0.279 e. The first-order valence-corrected chi connectivity index (χ1v) is 11.1. The highest BCUT2D eigenvalue weighted by atomic mass is 32.2. The van der Waals surface area contributed by atoms with Crippen LogP contribution in [0.3, 0.4) is 0 Å². The third-order valence-electron chi connectivity index (χ3n) is 5.17. The van der Waals surface area contributed by atoms with Crippen LogP contribution in [0.5, 0.6) is 0 Å². The molecule has 1 aromatic carbocycles. The molecule has 1 aromatic heterocycles. The monoisotopic (exact) mass is 421 g/mol. The van der Waals surface area contributed by atoms with Gasteiger partial charge in [0, 0.05) is 57.7 Å². The van der Waals surface area contributed by atoms with Gasteiger partial charge in [0.05, 0.1) is 0 Å². The van der Waals surface area contributed by atoms with Gasteiger partial charge in [-0.05, 0) is 55.8 Å². The van der Waals surface area contributed by atoms with Crippen molar-refractivity contribution in [1.82, 2.24) is 14.0 Å². The first kappa shape index (κ1) is 21.5. The minimum Gasteiger partial charge on any atom is -0.368 e. The topological polar surface area (TPSA) is 68.8 Å². The van der Waals surface area contributed by atoms with E-state index < -0.39 is 10.2 Å². The van der Waals surface area contributed by atoms with E-state index in [1.165, 1.54) is 16.4 Å². The summed E-state index contributed by atoms with van der Waals surface area (Å²) in [7, 11) is -1.96. The van der Waals surface area contributed by atoms with E-state index in [0.717, 1.165) is 43.2 Å². The summed E-state index contributed by atoms with van der Waals surface area (Å²) in [5.41, 5.74) is 1.87. The Morgan fingerprint density at radius 2 is 1.72 bits per heavy atom. The van der Waals surface area contributed by atoms with Gasteiger partial charge in [-0.25, -0.2) is 9.37 Å². The van der Waals surface area contributed by atoms with Crippen molar-refractivity contribution in [2.24, 2.45) is 0 Å². The molecule has 0 amide bonds. The molecule has 7 nitrogen and oxygen atoms in total. The number of benzene rings is 1. The summed E-state index contributed by atoms with van der Waals surface area (Å²) >= 11 is 0. The summed E-state index contributed by atoms with van der Waals surface area (Å²) in [5.74, 6) is 0.598. The lowest BCUT2D eigenvalue weighted by molar-refractivity contribution is 0.402. The normalized spacial score (nSPS) is 15.4. The minimum atomic E-state index is -3.52. The van der Waals surface area contributed by atoms with Crippen LogP contribution in [-0.2, 0) is 16.8 Å². The lowest BCUT2D eigenvalue weighted by Gasteiger charge is -2.36. The molecule has 2 heterocycles. The third kappa shape index (κ3) is 5.43. The molecule has 0 aliphatic carbocycles. The molecular weight excluding hydrogens is 393 g/mol. The SMILES string of the molecule is CC(C)N(C)S(=O)(=O)NCc1ccnc(N2CCN(c3ccc(F)cc3)CC2)c1. The lowest BCUT2D eigenvalue weighted by atomic mass is 10.2. The number of rotatable bonds is 7. The van der Waals surface area contributed by atoms with Gasteiger partial charge < -0.3 is 9.80 Å². The van der Waals surface area contributed by atoms with Crippen molar-refractivity contribution in [2.75, 3.05) is 43.0 Å². The maximum absolute atomic E-state index is 13.1. The van der Waals surface area contributed by atoms with Gasteiger partial charge in [-0.3, -0.25) is 0 Å². The van der Waals surface area contributed by atoms with Crippen LogP contribution in [0.1, 0.15) is 19.4 Å². The van der Waals surface area contributed by atoms with Crippen LogP contribution in [0.4, 0.5) is 15.9 Å². The summed E-state index contributed by atoms with van der Waals surface area (Å²) in [6.45, 7) is 7.06. The van der Waals surface area contributed by atoms with E-state index in [4.69, 9.17) is 0 Å². The van der Waals surface area contributed by atoms with E-state index >= 15 is 0 Å². The molecule has 1 aliphatic heterocycles. The van der Waals surface area contributed by atoms with Crippen molar-refractivity contribution in [1.29, 1.82) is 0 Å². The van der Waals surface area contributed by atoms with Crippen LogP contribution >= 0.6 is 0 Å². The van der Waals surface area contributed by atoms with E-state index in [-0.39, 0.29) is 18.4 Å². The molecule has 1 aliphatic rings. The Morgan fingerprint density at radius 3 is 2.34 bits per heavy atom. The van der Waals surface area contributed by atoms with Gasteiger partial charge in [-0.1, -0.05) is 0 Å². The second-order valence-corrected chi connectivity index (χ2v) is 9.22. The van der Waals surface area contributed by atoms with Crippen LogP contribution in [0.2, 0.25) is 0 Å². The number of hydrogen-bond donors (Lipinski definition) is 1. The van der Waals surface area contributed by atoms with Gasteiger partial charge >= 0.3 is 0 Å². The average molecular weight is 422 g/mol. The molecule has 0 atom stereocenters. The maximum atomic E-state index is 13.1. The minimum absolute atomic E-state index is 0.113. The van der Waals surface area contributed by atoms with Crippen LogP contribution in [0.15, 0.2) is 42.6 Å². The van der Waals surface area contributed by atoms with Crippen molar-refractivity contribution in [2.45, 2.75) is 26.4 Å². The highest BCUT2D eigenvalue weighted by molar-refractivity contribution is 7.87. The van der Waals surface area contributed by atoms with Gasteiger partial charge in [0.2, 0.25) is 0 Å². The number of nitrogens with one attached hydrogen (secondary N) is 1. The van der Waals surface area contributed by atoms with E-state index in [1.54, 1.807) is 25.4 Å². The van der Waals surface area contributed by atoms with Gasteiger partial charge in [0.15, 0.2) is 0 Å². The number of hydrogen-bond acceptors (Lipinski definition) is 5. The number of pyridine rings is 1. The first-order chi connectivity index (χ1) is 13.8. The van der Waals surface area contributed by atoms with Crippen molar-refractivity contribution in [3.8, 4) is 0 Å². The van der Waals surface area contributed by atoms with Gasteiger partial charge in [0.1, 0.15) is 11.6 Å². The van der Waals surface area contributed by atoms with E-state index in [1.807, 2.05) is 26.0 Å². The van der Waals surface area contributed by atoms with Gasteiger partial charge in [0.25, 0.3) is 10.2 Å². The fourth-order valence-electron chi connectivity index (χ4n) is 3.14. The van der Waals surface area contributed by atoms with E-state index in [9.17, 15) is 12.8 Å². The van der Waals surface area contributed by atoms with E-state index in [2.05, 4.69) is 19.5 Å². The van der Waals surface area contributed by atoms with Crippen LogP contribution in [0.25, 0.3) is 0 Å². The molecule has 1 fully saturated rings. The second kappa shape index (κ2) is 9.06. The summed E-state index contributed by atoms with van der Waals surface area (Å²) in [5, 5.41) is 0. The van der Waals surface area contributed by atoms with Gasteiger partial charge in [-0.15, -0.1) is 0 Å². The smallest absolute Gasteiger partial charge is 0.279 e. The zero-order valence-corrected chi connectivity index (χ0v) is 17.9. The quantitative estimate of drug-likeness (QED) is 0.743. The standard InChI is InChI=1S/C20H28FN5O2S/c1-16(2)24(3)29(27,28)23-15-17-8-9-22-20(14-17)26-12-10-25(11-13-26)19-6-4-18(21)5-7-19/h4-9,14,16,23H,10-13,15H2,1-3H3. The van der Waals surface area contributed by atoms with Crippen molar-refractivity contribution >= 4 is 21.7 Å². The number of nitrogens with zero attached hydrogens (tertiary/aromatic N) is 4. The molecular formula is C20H28FN5O2S. The summed E-state index contributed by atoms with van der Waals surface area (Å²) in [4.78, 5) is 8.85. The molecule has 1 saturated heterocycles. The molecule has 29 heavy (non-hydrogen) atoms. The predicted octanol–water partition coefficient (Wildman–Crippen LogP) is 2.22. The molecule has 2 aromatic rings. The summed E-state index contributed by atoms with van der Waals surface area (Å²) < 4.78 is 41.6. The molecule has 158 valence electrons. The highest BCUT2D eigenvalue weighted by Gasteiger charge is 2.21. The van der Waals surface area contributed by atoms with Crippen molar-refractivity contribution in [3.63, 3.8) is 0 Å². The molecule has 0 spiro atoms. The molecule has 0 unspecified atom stereocenters. The largest absolute Gasteiger partial charge is 0.368 e. The fourth-order valence-corrected chi connectivity index (χ4v) is 4.25. The molecule has 0 bridgehead atoms. The molecule has 0 saturated carbocycles. The van der Waals surface area contributed by atoms with Crippen molar-refractivity contribution in [3.05, 3.63) is 54.0 Å². The van der Waals surface area contributed by atoms with E-state index in [0.29, 0.717) is 0 Å². The zero-order valence-electron chi connectivity index (χ0n) is 17.0. The van der Waals surface area contributed by atoms with Gasteiger partial charge in [-0.2, -0.15) is 17.4 Å². The Morgan fingerprint density at radius 1 is 1.10 bits per heavy atom. The lowest BCUT2D eigenvalue weighted by Crippen LogP contribution is -2.46. The Bertz CT molecular complexity index is 913. The number of aromatic nitrogens is 1. The molecule has 1 N–H and O–H groups in total. The molecule has 3 rings (SSSR count). The summed E-state index contributed by atoms with van der Waals surface area (Å²) in [6, 6.07) is 10.2. The second-order valence-electron chi connectivity index (χ2n) is 7.41. The van der Waals surface area contributed by atoms with Crippen LogP contribution in [0, 0.1) is 5.82 Å². The number of piperazine rings is 1. The van der Waals surface area contributed by atoms with Crippen molar-refractivity contribution < 1.29 is 12.8 Å². The number of anilines is 2. The average Bonchev–Trinajstić information content (AvgIpc) is 2.72. The Kier molecular flexibility index (Phi) is 6.71. The molecule has 0 radical (unpaired) electrons. The molecule has 9 heteroatoms. The summed E-state index contributed by atoms with van der Waals surface area (Å²) in [6.07, 6.45) is 1.71. The Labute approximate surface area is 172 Å². The Hall–Kier alpha value is -2.23. The third-order valence-corrected chi connectivity index (χ3v) is 6.86. The van der Waals surface area contributed by atoms with Crippen LogP contribution in [-0.4, -0.2) is 57.0 Å². The number of halogens is 1. The predicted molar refractivity (Wildman–Crippen MR) is 114 cm³/mol.